The van der Waals surface area contributed by atoms with Crippen molar-refractivity contribution in [3.63, 3.8) is 0 Å². The molecule has 0 atom stereocenters. The second-order valence-corrected chi connectivity index (χ2v) is 7.81. The van der Waals surface area contributed by atoms with Crippen LogP contribution in [0.1, 0.15) is 19.3 Å². The van der Waals surface area contributed by atoms with E-state index in [1.54, 1.807) is 11.9 Å². The Bertz CT molecular complexity index is 861. The summed E-state index contributed by atoms with van der Waals surface area (Å²) < 4.78 is 2.39. The molecular formula is C19H20ClN5S. The number of hydrogen-bond acceptors (Lipinski definition) is 5. The van der Waals surface area contributed by atoms with Gasteiger partial charge in [-0.1, -0.05) is 48.4 Å². The fourth-order valence-corrected chi connectivity index (χ4v) is 4.32. The standard InChI is InChI=1S/C19H20ClN5S/c20-17-11-15(26-25-9-5-2-6-10-25)12-18(21-17)22-19-13-16(23-24-19)14-7-3-1-4-8-14/h1,3-4,7-8,11-13H,2,5-6,9-10H2,(H2,21,22,23,24). The summed E-state index contributed by atoms with van der Waals surface area (Å²) in [6, 6.07) is 16.0. The van der Waals surface area contributed by atoms with Crippen molar-refractivity contribution in [2.45, 2.75) is 24.2 Å². The number of pyridine rings is 1. The molecule has 134 valence electrons. The van der Waals surface area contributed by atoms with Gasteiger partial charge in [0, 0.05) is 24.1 Å². The number of hydrogen-bond donors (Lipinski definition) is 2. The molecule has 0 saturated carbocycles. The smallest absolute Gasteiger partial charge is 0.153 e. The summed E-state index contributed by atoms with van der Waals surface area (Å²) >= 11 is 7.97. The largest absolute Gasteiger partial charge is 0.323 e. The molecule has 2 aromatic heterocycles. The molecule has 1 saturated heterocycles. The maximum atomic E-state index is 6.22. The molecule has 5 nitrogen and oxygen atoms in total. The van der Waals surface area contributed by atoms with Gasteiger partial charge in [-0.25, -0.2) is 9.29 Å². The van der Waals surface area contributed by atoms with Gasteiger partial charge in [-0.3, -0.25) is 5.10 Å². The lowest BCUT2D eigenvalue weighted by Gasteiger charge is -2.25. The number of aromatic nitrogens is 3. The normalized spacial score (nSPS) is 15.1. The third-order valence-electron chi connectivity index (χ3n) is 4.24. The molecular weight excluding hydrogens is 366 g/mol. The molecule has 0 spiro atoms. The molecule has 1 aliphatic heterocycles. The lowest BCUT2D eigenvalue weighted by molar-refractivity contribution is 0.380. The highest BCUT2D eigenvalue weighted by Gasteiger charge is 2.13. The lowest BCUT2D eigenvalue weighted by Crippen LogP contribution is -2.22. The topological polar surface area (TPSA) is 56.8 Å². The van der Waals surface area contributed by atoms with E-state index in [2.05, 4.69) is 24.8 Å². The molecule has 7 heteroatoms. The van der Waals surface area contributed by atoms with Crippen LogP contribution in [0.3, 0.4) is 0 Å². The minimum Gasteiger partial charge on any atom is -0.323 e. The summed E-state index contributed by atoms with van der Waals surface area (Å²) in [6.07, 6.45) is 3.84. The summed E-state index contributed by atoms with van der Waals surface area (Å²) in [4.78, 5) is 5.46. The van der Waals surface area contributed by atoms with Crippen molar-refractivity contribution in [1.29, 1.82) is 0 Å². The van der Waals surface area contributed by atoms with Gasteiger partial charge in [0.2, 0.25) is 0 Å². The van der Waals surface area contributed by atoms with Crippen molar-refractivity contribution in [2.75, 3.05) is 18.4 Å². The van der Waals surface area contributed by atoms with Crippen LogP contribution in [0.25, 0.3) is 11.3 Å². The SMILES string of the molecule is Clc1cc(SN2CCCCC2)cc(Nc2cc(-c3ccccc3)[nH]n2)n1. The minimum absolute atomic E-state index is 0.480. The van der Waals surface area contributed by atoms with Crippen LogP contribution < -0.4 is 5.32 Å². The fraction of sp³-hybridized carbons (Fsp3) is 0.263. The summed E-state index contributed by atoms with van der Waals surface area (Å²) in [5, 5.41) is 11.1. The second-order valence-electron chi connectivity index (χ2n) is 6.25. The van der Waals surface area contributed by atoms with E-state index in [0.29, 0.717) is 16.8 Å². The molecule has 1 fully saturated rings. The van der Waals surface area contributed by atoms with Crippen LogP contribution in [0.2, 0.25) is 5.15 Å². The van der Waals surface area contributed by atoms with E-state index < -0.39 is 0 Å². The zero-order chi connectivity index (χ0) is 17.8. The summed E-state index contributed by atoms with van der Waals surface area (Å²) in [5.74, 6) is 1.41. The monoisotopic (exact) mass is 385 g/mol. The van der Waals surface area contributed by atoms with Gasteiger partial charge in [0.15, 0.2) is 5.82 Å². The van der Waals surface area contributed by atoms with Crippen LogP contribution >= 0.6 is 23.5 Å². The highest BCUT2D eigenvalue weighted by atomic mass is 35.5. The predicted molar refractivity (Wildman–Crippen MR) is 108 cm³/mol. The predicted octanol–water partition coefficient (Wildman–Crippen LogP) is 5.36. The van der Waals surface area contributed by atoms with Gasteiger partial charge in [-0.15, -0.1) is 0 Å². The fourth-order valence-electron chi connectivity index (χ4n) is 2.98. The molecule has 0 amide bonds. The van der Waals surface area contributed by atoms with Crippen LogP contribution in [0.5, 0.6) is 0 Å². The summed E-state index contributed by atoms with van der Waals surface area (Å²) in [7, 11) is 0. The van der Waals surface area contributed by atoms with Gasteiger partial charge in [-0.05, 0) is 42.5 Å². The van der Waals surface area contributed by atoms with E-state index in [1.807, 2.05) is 48.5 Å². The van der Waals surface area contributed by atoms with Crippen LogP contribution in [0, 0.1) is 0 Å². The number of nitrogens with zero attached hydrogens (tertiary/aromatic N) is 3. The Morgan fingerprint density at radius 2 is 1.81 bits per heavy atom. The molecule has 1 aliphatic rings. The number of benzene rings is 1. The van der Waals surface area contributed by atoms with E-state index in [-0.39, 0.29) is 0 Å². The van der Waals surface area contributed by atoms with Crippen molar-refractivity contribution in [2.24, 2.45) is 0 Å². The number of halogens is 1. The quantitative estimate of drug-likeness (QED) is 0.457. The minimum atomic E-state index is 0.480. The molecule has 1 aromatic carbocycles. The van der Waals surface area contributed by atoms with Gasteiger partial charge in [0.05, 0.1) is 5.69 Å². The second kappa shape index (κ2) is 8.12. The zero-order valence-corrected chi connectivity index (χ0v) is 15.9. The Morgan fingerprint density at radius 1 is 1.00 bits per heavy atom. The average molecular weight is 386 g/mol. The summed E-state index contributed by atoms with van der Waals surface area (Å²) in [6.45, 7) is 2.24. The molecule has 26 heavy (non-hydrogen) atoms. The van der Waals surface area contributed by atoms with E-state index in [9.17, 15) is 0 Å². The lowest BCUT2D eigenvalue weighted by atomic mass is 10.2. The molecule has 2 N–H and O–H groups in total. The number of piperidine rings is 1. The summed E-state index contributed by atoms with van der Waals surface area (Å²) in [5.41, 5.74) is 2.05. The van der Waals surface area contributed by atoms with Gasteiger partial charge >= 0.3 is 0 Å². The third kappa shape index (κ3) is 4.38. The molecule has 3 heterocycles. The first-order valence-electron chi connectivity index (χ1n) is 8.75. The maximum Gasteiger partial charge on any atom is 0.153 e. The van der Waals surface area contributed by atoms with Crippen LogP contribution in [-0.2, 0) is 0 Å². The Labute approximate surface area is 162 Å². The van der Waals surface area contributed by atoms with Gasteiger partial charge in [-0.2, -0.15) is 5.10 Å². The van der Waals surface area contributed by atoms with Crippen molar-refractivity contribution >= 4 is 35.2 Å². The van der Waals surface area contributed by atoms with Crippen molar-refractivity contribution in [1.82, 2.24) is 19.5 Å². The van der Waals surface area contributed by atoms with E-state index in [1.165, 1.54) is 19.3 Å². The van der Waals surface area contributed by atoms with Crippen molar-refractivity contribution < 1.29 is 0 Å². The molecule has 4 rings (SSSR count). The first-order valence-corrected chi connectivity index (χ1v) is 9.90. The highest BCUT2D eigenvalue weighted by Crippen LogP contribution is 2.30. The van der Waals surface area contributed by atoms with Crippen molar-refractivity contribution in [3.05, 3.63) is 53.7 Å². The molecule has 3 aromatic rings. The Hall–Kier alpha value is -2.02. The highest BCUT2D eigenvalue weighted by molar-refractivity contribution is 7.97. The van der Waals surface area contributed by atoms with Crippen LogP contribution in [0.4, 0.5) is 11.6 Å². The average Bonchev–Trinajstić information content (AvgIpc) is 3.11. The van der Waals surface area contributed by atoms with E-state index >= 15 is 0 Å². The third-order valence-corrected chi connectivity index (χ3v) is 5.50. The van der Waals surface area contributed by atoms with Gasteiger partial charge in [0.1, 0.15) is 11.0 Å². The van der Waals surface area contributed by atoms with E-state index in [0.717, 1.165) is 29.2 Å². The number of nitrogens with one attached hydrogen (secondary N) is 2. The Kier molecular flexibility index (Phi) is 5.43. The first kappa shape index (κ1) is 17.4. The first-order chi connectivity index (χ1) is 12.8. The van der Waals surface area contributed by atoms with Gasteiger partial charge in [0.25, 0.3) is 0 Å². The number of aromatic amines is 1. The number of rotatable bonds is 5. The molecule has 0 unspecified atom stereocenters. The Morgan fingerprint density at radius 3 is 2.62 bits per heavy atom. The molecule has 0 radical (unpaired) electrons. The molecule has 0 bridgehead atoms. The number of H-pyrrole nitrogens is 1. The van der Waals surface area contributed by atoms with Crippen LogP contribution in [-0.4, -0.2) is 32.6 Å². The van der Waals surface area contributed by atoms with E-state index in [4.69, 9.17) is 11.6 Å². The Balaban J connectivity index is 1.48. The van der Waals surface area contributed by atoms with Crippen molar-refractivity contribution in [3.8, 4) is 11.3 Å². The van der Waals surface area contributed by atoms with Crippen LogP contribution in [0.15, 0.2) is 53.4 Å². The number of anilines is 2. The maximum absolute atomic E-state index is 6.22. The molecule has 0 aliphatic carbocycles. The zero-order valence-electron chi connectivity index (χ0n) is 14.3. The van der Waals surface area contributed by atoms with Gasteiger partial charge < -0.3 is 5.32 Å².